The van der Waals surface area contributed by atoms with Crippen LogP contribution in [-0.2, 0) is 0 Å². The van der Waals surface area contributed by atoms with Crippen molar-refractivity contribution < 1.29 is 4.58 Å². The highest BCUT2D eigenvalue weighted by Crippen LogP contribution is 2.41. The fourth-order valence-corrected chi connectivity index (χ4v) is 3.45. The van der Waals surface area contributed by atoms with Gasteiger partial charge in [0.2, 0.25) is 0 Å². The Labute approximate surface area is 124 Å². The average Bonchev–Trinajstić information content (AvgIpc) is 2.43. The lowest BCUT2D eigenvalue weighted by Gasteiger charge is -2.25. The Kier molecular flexibility index (Phi) is 3.42. The molecule has 1 unspecified atom stereocenters. The highest BCUT2D eigenvalue weighted by molar-refractivity contribution is 8.01. The third-order valence-electron chi connectivity index (χ3n) is 3.52. The van der Waals surface area contributed by atoms with Gasteiger partial charge in [-0.3, -0.25) is 4.99 Å². The number of thioether (sulfide) groups is 1. The summed E-state index contributed by atoms with van der Waals surface area (Å²) in [7, 11) is 8.28. The maximum absolute atomic E-state index is 4.79. The topological polar surface area (TPSA) is 18.6 Å². The lowest BCUT2D eigenvalue weighted by molar-refractivity contribution is -0.463. The molecule has 1 heterocycles. The van der Waals surface area contributed by atoms with E-state index in [4.69, 9.17) is 4.99 Å². The smallest absolute Gasteiger partial charge is 0.181 e. The molecule has 0 aromatic heterocycles. The summed E-state index contributed by atoms with van der Waals surface area (Å²) in [4.78, 5) is 8.17. The van der Waals surface area contributed by atoms with Crippen molar-refractivity contribution >= 4 is 34.6 Å². The van der Waals surface area contributed by atoms with Gasteiger partial charge >= 0.3 is 0 Å². The average molecular weight is 285 g/mol. The van der Waals surface area contributed by atoms with Crippen LogP contribution in [-0.4, -0.2) is 49.4 Å². The molecule has 0 fully saturated rings. The number of anilines is 1. The molecule has 103 valence electrons. The zero-order chi connectivity index (χ0) is 14.3. The van der Waals surface area contributed by atoms with Gasteiger partial charge in [-0.25, -0.2) is 4.58 Å². The van der Waals surface area contributed by atoms with Crippen molar-refractivity contribution in [2.75, 3.05) is 33.1 Å². The first kappa shape index (κ1) is 13.4. The lowest BCUT2D eigenvalue weighted by atomic mass is 10.0. The normalized spacial score (nSPS) is 20.1. The minimum Gasteiger partial charge on any atom is -0.378 e. The summed E-state index contributed by atoms with van der Waals surface area (Å²) in [6.07, 6.45) is 6.56. The predicted octanol–water partition coefficient (Wildman–Crippen LogP) is 2.79. The van der Waals surface area contributed by atoms with Crippen LogP contribution in [0.5, 0.6) is 0 Å². The van der Waals surface area contributed by atoms with Crippen LogP contribution >= 0.6 is 11.8 Å². The summed E-state index contributed by atoms with van der Waals surface area (Å²) in [5.74, 6) is 0. The molecule has 1 aromatic rings. The Morgan fingerprint density at radius 1 is 1.20 bits per heavy atom. The standard InChI is InChI=1S/C16H19N3S/c1-18(2)11-5-7-13-15(9-11)20-16-10-12(19(3)4)6-8-14(16)17-13/h5-10,15H,1-4H3/q+1. The number of rotatable bonds is 1. The molecule has 0 saturated heterocycles. The van der Waals surface area contributed by atoms with Crippen molar-refractivity contribution in [3.05, 3.63) is 36.8 Å². The van der Waals surface area contributed by atoms with Crippen LogP contribution in [0.2, 0.25) is 0 Å². The third kappa shape index (κ3) is 2.40. The van der Waals surface area contributed by atoms with Gasteiger partial charge in [-0.15, -0.1) is 11.8 Å². The summed E-state index contributed by atoms with van der Waals surface area (Å²) >= 11 is 1.88. The zero-order valence-corrected chi connectivity index (χ0v) is 13.1. The summed E-state index contributed by atoms with van der Waals surface area (Å²) in [5, 5.41) is 0.322. The van der Waals surface area contributed by atoms with Crippen molar-refractivity contribution in [3.8, 4) is 0 Å². The van der Waals surface area contributed by atoms with Crippen LogP contribution in [0.15, 0.2) is 40.2 Å². The molecular weight excluding hydrogens is 266 g/mol. The van der Waals surface area contributed by atoms with Crippen molar-refractivity contribution in [1.82, 2.24) is 0 Å². The first-order valence-corrected chi connectivity index (χ1v) is 7.56. The summed E-state index contributed by atoms with van der Waals surface area (Å²) in [6.45, 7) is 0. The molecule has 3 nitrogen and oxygen atoms in total. The molecule has 1 aromatic carbocycles. The second kappa shape index (κ2) is 5.09. The van der Waals surface area contributed by atoms with E-state index >= 15 is 0 Å². The van der Waals surface area contributed by atoms with E-state index in [1.165, 1.54) is 16.3 Å². The number of nitrogens with zero attached hydrogens (tertiary/aromatic N) is 3. The highest BCUT2D eigenvalue weighted by atomic mass is 32.2. The molecule has 1 radical (unpaired) electrons. The molecule has 4 heteroatoms. The van der Waals surface area contributed by atoms with Crippen LogP contribution in [0.1, 0.15) is 0 Å². The molecule has 0 bridgehead atoms. The molecule has 1 aliphatic heterocycles. The Morgan fingerprint density at radius 3 is 2.70 bits per heavy atom. The van der Waals surface area contributed by atoms with Gasteiger partial charge < -0.3 is 4.90 Å². The Bertz CT molecular complexity index is 637. The van der Waals surface area contributed by atoms with Crippen molar-refractivity contribution in [2.45, 2.75) is 10.1 Å². The van der Waals surface area contributed by atoms with Gasteiger partial charge in [0, 0.05) is 30.8 Å². The van der Waals surface area contributed by atoms with E-state index in [1.807, 2.05) is 11.8 Å². The van der Waals surface area contributed by atoms with Gasteiger partial charge in [-0.2, -0.15) is 0 Å². The minimum absolute atomic E-state index is 0.322. The molecule has 0 N–H and O–H groups in total. The van der Waals surface area contributed by atoms with Gasteiger partial charge in [0.1, 0.15) is 14.1 Å². The monoisotopic (exact) mass is 285 g/mol. The maximum atomic E-state index is 4.79. The second-order valence-corrected chi connectivity index (χ2v) is 6.62. The van der Waals surface area contributed by atoms with Gasteiger partial charge in [0.25, 0.3) is 0 Å². The number of benzene rings is 1. The maximum Gasteiger partial charge on any atom is 0.181 e. The number of hydrogen-bond acceptors (Lipinski definition) is 3. The number of allylic oxidation sites excluding steroid dienone is 2. The fraction of sp³-hybridized carbons (Fsp3) is 0.312. The van der Waals surface area contributed by atoms with Crippen LogP contribution in [0, 0.1) is 6.42 Å². The summed E-state index contributed by atoms with van der Waals surface area (Å²) in [6, 6.07) is 6.46. The van der Waals surface area contributed by atoms with Crippen molar-refractivity contribution in [1.29, 1.82) is 0 Å². The largest absolute Gasteiger partial charge is 0.378 e. The van der Waals surface area contributed by atoms with Crippen molar-refractivity contribution in [2.24, 2.45) is 4.99 Å². The van der Waals surface area contributed by atoms with Crippen LogP contribution in [0.25, 0.3) is 0 Å². The molecule has 2 aliphatic rings. The SMILES string of the molecule is CN(C)c1ccc2c(c1)SC1[CH]C(=[N+](C)C)C=CC1=N2. The van der Waals surface area contributed by atoms with E-state index in [0.29, 0.717) is 5.25 Å². The van der Waals surface area contributed by atoms with Crippen LogP contribution < -0.4 is 4.90 Å². The first-order chi connectivity index (χ1) is 9.54. The quantitative estimate of drug-likeness (QED) is 0.739. The Hall–Kier alpha value is -1.55. The van der Waals surface area contributed by atoms with Crippen molar-refractivity contribution in [3.63, 3.8) is 0 Å². The molecule has 0 spiro atoms. The first-order valence-electron chi connectivity index (χ1n) is 6.68. The molecule has 20 heavy (non-hydrogen) atoms. The fourth-order valence-electron chi connectivity index (χ4n) is 2.30. The summed E-state index contributed by atoms with van der Waals surface area (Å²) < 4.78 is 2.14. The molecule has 1 aliphatic carbocycles. The Balaban J connectivity index is 1.99. The van der Waals surface area contributed by atoms with E-state index in [-0.39, 0.29) is 0 Å². The highest BCUT2D eigenvalue weighted by Gasteiger charge is 2.29. The second-order valence-electron chi connectivity index (χ2n) is 5.44. The van der Waals surface area contributed by atoms with Gasteiger partial charge in [0.05, 0.1) is 23.1 Å². The van der Waals surface area contributed by atoms with E-state index in [1.54, 1.807) is 0 Å². The molecule has 0 amide bonds. The lowest BCUT2D eigenvalue weighted by Crippen LogP contribution is -2.29. The molecule has 1 atom stereocenters. The van der Waals surface area contributed by atoms with Crippen LogP contribution in [0.3, 0.4) is 0 Å². The Morgan fingerprint density at radius 2 is 2.00 bits per heavy atom. The summed E-state index contributed by atoms with van der Waals surface area (Å²) in [5.41, 5.74) is 4.69. The zero-order valence-electron chi connectivity index (χ0n) is 12.3. The predicted molar refractivity (Wildman–Crippen MR) is 88.1 cm³/mol. The van der Waals surface area contributed by atoms with Crippen LogP contribution in [0.4, 0.5) is 11.4 Å². The van der Waals surface area contributed by atoms with Gasteiger partial charge in [0.15, 0.2) is 5.71 Å². The van der Waals surface area contributed by atoms with Gasteiger partial charge in [-0.1, -0.05) is 0 Å². The third-order valence-corrected chi connectivity index (χ3v) is 4.73. The minimum atomic E-state index is 0.322. The van der Waals surface area contributed by atoms with E-state index in [2.05, 4.69) is 74.4 Å². The van der Waals surface area contributed by atoms with E-state index in [9.17, 15) is 0 Å². The number of hydrogen-bond donors (Lipinski definition) is 0. The molecular formula is C16H19N3S+. The van der Waals surface area contributed by atoms with Gasteiger partial charge in [-0.05, 0) is 24.3 Å². The number of aliphatic imine (C=N–C) groups is 1. The molecule has 0 saturated carbocycles. The van der Waals surface area contributed by atoms with E-state index in [0.717, 1.165) is 11.4 Å². The molecule has 3 rings (SSSR count). The number of fused-ring (bicyclic) bond motifs is 2. The van der Waals surface area contributed by atoms with E-state index < -0.39 is 0 Å².